The van der Waals surface area contributed by atoms with E-state index < -0.39 is 0 Å². The lowest BCUT2D eigenvalue weighted by Gasteiger charge is -2.32. The van der Waals surface area contributed by atoms with Gasteiger partial charge in [0, 0.05) is 6.42 Å². The van der Waals surface area contributed by atoms with Crippen LogP contribution in [-0.2, 0) is 11.4 Å². The Balaban J connectivity index is 1.61. The Morgan fingerprint density at radius 1 is 1.30 bits per heavy atom. The van der Waals surface area contributed by atoms with Gasteiger partial charge in [0.05, 0.1) is 24.9 Å². The highest BCUT2D eigenvalue weighted by atomic mass is 16.3. The van der Waals surface area contributed by atoms with E-state index in [1.807, 2.05) is 4.68 Å². The Labute approximate surface area is 137 Å². The van der Waals surface area contributed by atoms with Crippen LogP contribution < -0.4 is 5.32 Å². The maximum atomic E-state index is 12.4. The van der Waals surface area contributed by atoms with Crippen molar-refractivity contribution in [1.82, 2.24) is 20.3 Å². The fraction of sp³-hybridized carbons (Fsp3) is 0.706. The summed E-state index contributed by atoms with van der Waals surface area (Å²) in [7, 11) is 0. The van der Waals surface area contributed by atoms with Crippen LogP contribution in [0.15, 0.2) is 17.8 Å². The normalized spacial score (nSPS) is 25.0. The largest absolute Gasteiger partial charge is 0.390 e. The summed E-state index contributed by atoms with van der Waals surface area (Å²) >= 11 is 0. The highest BCUT2D eigenvalue weighted by Crippen LogP contribution is 2.28. The number of aliphatic hydroxyl groups is 1. The predicted octanol–water partition coefficient (Wildman–Crippen LogP) is 2.26. The van der Waals surface area contributed by atoms with Crippen LogP contribution in [0.2, 0.25) is 0 Å². The maximum Gasteiger partial charge on any atom is 0.224 e. The minimum absolute atomic E-state index is 0.0993. The minimum atomic E-state index is -0.0993. The molecule has 0 aliphatic heterocycles. The van der Waals surface area contributed by atoms with Crippen molar-refractivity contribution in [3.8, 4) is 0 Å². The van der Waals surface area contributed by atoms with Gasteiger partial charge in [0.15, 0.2) is 0 Å². The molecule has 1 fully saturated rings. The topological polar surface area (TPSA) is 80.0 Å². The number of allylic oxidation sites excluding steroid dienone is 1. The van der Waals surface area contributed by atoms with Crippen LogP contribution in [0, 0.1) is 0 Å². The third-order valence-corrected chi connectivity index (χ3v) is 4.91. The number of amides is 1. The molecule has 1 heterocycles. The van der Waals surface area contributed by atoms with Gasteiger partial charge in [0.1, 0.15) is 5.69 Å². The number of aromatic nitrogens is 3. The third-order valence-electron chi connectivity index (χ3n) is 4.91. The second-order valence-corrected chi connectivity index (χ2v) is 6.66. The number of rotatable bonds is 5. The summed E-state index contributed by atoms with van der Waals surface area (Å²) in [4.78, 5) is 12.4. The molecule has 0 unspecified atom stereocenters. The quantitative estimate of drug-likeness (QED) is 0.816. The van der Waals surface area contributed by atoms with Gasteiger partial charge in [-0.25, -0.2) is 4.68 Å². The van der Waals surface area contributed by atoms with Crippen LogP contribution in [0.4, 0.5) is 0 Å². The zero-order valence-electron chi connectivity index (χ0n) is 13.6. The van der Waals surface area contributed by atoms with Gasteiger partial charge in [-0.1, -0.05) is 29.7 Å². The van der Waals surface area contributed by atoms with E-state index in [1.54, 1.807) is 6.20 Å². The molecule has 0 radical (unpaired) electrons. The van der Waals surface area contributed by atoms with Gasteiger partial charge in [0.25, 0.3) is 0 Å². The van der Waals surface area contributed by atoms with E-state index in [-0.39, 0.29) is 24.6 Å². The number of carbonyl (C=O) groups is 1. The molecular formula is C17H26N4O2. The van der Waals surface area contributed by atoms with Gasteiger partial charge < -0.3 is 10.4 Å². The molecule has 0 spiro atoms. The third kappa shape index (κ3) is 4.19. The van der Waals surface area contributed by atoms with E-state index in [4.69, 9.17) is 5.11 Å². The average molecular weight is 318 g/mol. The molecule has 1 saturated carbocycles. The molecule has 1 aromatic heterocycles. The van der Waals surface area contributed by atoms with Gasteiger partial charge in [0.2, 0.25) is 5.91 Å². The smallest absolute Gasteiger partial charge is 0.224 e. The van der Waals surface area contributed by atoms with Crippen LogP contribution in [0.3, 0.4) is 0 Å². The van der Waals surface area contributed by atoms with Crippen molar-refractivity contribution >= 4 is 5.91 Å². The zero-order valence-corrected chi connectivity index (χ0v) is 13.6. The van der Waals surface area contributed by atoms with Crippen molar-refractivity contribution in [3.05, 3.63) is 23.5 Å². The van der Waals surface area contributed by atoms with Crippen LogP contribution >= 0.6 is 0 Å². The van der Waals surface area contributed by atoms with E-state index in [1.165, 1.54) is 18.4 Å². The molecule has 6 heteroatoms. The molecular weight excluding hydrogens is 292 g/mol. The van der Waals surface area contributed by atoms with Crippen molar-refractivity contribution in [1.29, 1.82) is 0 Å². The van der Waals surface area contributed by atoms with Crippen molar-refractivity contribution in [2.45, 2.75) is 76.5 Å². The first-order chi connectivity index (χ1) is 11.3. The average Bonchev–Trinajstić information content (AvgIpc) is 3.05. The number of hydrogen-bond donors (Lipinski definition) is 2. The fourth-order valence-electron chi connectivity index (χ4n) is 3.67. The Bertz CT molecular complexity index is 567. The summed E-state index contributed by atoms with van der Waals surface area (Å²) in [6.07, 6.45) is 13.4. The van der Waals surface area contributed by atoms with E-state index in [2.05, 4.69) is 21.7 Å². The highest BCUT2D eigenvalue weighted by molar-refractivity contribution is 5.78. The summed E-state index contributed by atoms with van der Waals surface area (Å²) in [5.41, 5.74) is 1.86. The number of nitrogens with zero attached hydrogens (tertiary/aromatic N) is 3. The molecule has 2 aliphatic carbocycles. The molecule has 2 aliphatic rings. The maximum absolute atomic E-state index is 12.4. The number of hydrogen-bond acceptors (Lipinski definition) is 4. The van der Waals surface area contributed by atoms with Gasteiger partial charge in [-0.2, -0.15) is 0 Å². The number of aliphatic hydroxyl groups excluding tert-OH is 1. The van der Waals surface area contributed by atoms with E-state index in [0.717, 1.165) is 38.5 Å². The summed E-state index contributed by atoms with van der Waals surface area (Å²) in [5.74, 6) is 0.123. The molecule has 1 aromatic rings. The molecule has 2 N–H and O–H groups in total. The Hall–Kier alpha value is -1.69. The predicted molar refractivity (Wildman–Crippen MR) is 86.5 cm³/mol. The molecule has 0 saturated heterocycles. The first-order valence-electron chi connectivity index (χ1n) is 8.75. The molecule has 1 amide bonds. The molecule has 23 heavy (non-hydrogen) atoms. The monoisotopic (exact) mass is 318 g/mol. The SMILES string of the molecule is O=C(CC1=CCCCC1)N[C@H]1CCCC[C@H]1n1cc(CO)nn1. The van der Waals surface area contributed by atoms with Gasteiger partial charge in [-0.05, 0) is 38.5 Å². The van der Waals surface area contributed by atoms with Gasteiger partial charge in [-0.15, -0.1) is 5.10 Å². The lowest BCUT2D eigenvalue weighted by molar-refractivity contribution is -0.121. The van der Waals surface area contributed by atoms with Crippen LogP contribution in [0.25, 0.3) is 0 Å². The van der Waals surface area contributed by atoms with E-state index >= 15 is 0 Å². The first-order valence-corrected chi connectivity index (χ1v) is 8.75. The summed E-state index contributed by atoms with van der Waals surface area (Å²) in [6.45, 7) is -0.0993. The van der Waals surface area contributed by atoms with Crippen molar-refractivity contribution in [3.63, 3.8) is 0 Å². The fourth-order valence-corrected chi connectivity index (χ4v) is 3.67. The zero-order chi connectivity index (χ0) is 16.1. The van der Waals surface area contributed by atoms with Gasteiger partial charge >= 0.3 is 0 Å². The standard InChI is InChI=1S/C17H26N4O2/c22-12-14-11-21(20-19-14)16-9-5-4-8-15(16)18-17(23)10-13-6-2-1-3-7-13/h6,11,15-16,22H,1-5,7-10,12H2,(H,18,23)/t15-,16+/m0/s1. The molecule has 0 aromatic carbocycles. The summed E-state index contributed by atoms with van der Waals surface area (Å²) in [6, 6.07) is 0.245. The molecule has 2 atom stereocenters. The second kappa shape index (κ2) is 7.73. The lowest BCUT2D eigenvalue weighted by Crippen LogP contribution is -2.43. The summed E-state index contributed by atoms with van der Waals surface area (Å²) < 4.78 is 1.82. The van der Waals surface area contributed by atoms with E-state index in [9.17, 15) is 4.79 Å². The molecule has 126 valence electrons. The van der Waals surface area contributed by atoms with Crippen LogP contribution in [0.5, 0.6) is 0 Å². The first kappa shape index (κ1) is 16.2. The second-order valence-electron chi connectivity index (χ2n) is 6.66. The minimum Gasteiger partial charge on any atom is -0.390 e. The number of nitrogens with one attached hydrogen (secondary N) is 1. The molecule has 3 rings (SSSR count). The van der Waals surface area contributed by atoms with E-state index in [0.29, 0.717) is 12.1 Å². The Morgan fingerprint density at radius 3 is 2.91 bits per heavy atom. The van der Waals surface area contributed by atoms with Crippen LogP contribution in [0.1, 0.15) is 69.5 Å². The summed E-state index contributed by atoms with van der Waals surface area (Å²) in [5, 5.41) is 20.4. The number of carbonyl (C=O) groups excluding carboxylic acids is 1. The van der Waals surface area contributed by atoms with Gasteiger partial charge in [-0.3, -0.25) is 4.79 Å². The Morgan fingerprint density at radius 2 is 2.17 bits per heavy atom. The van der Waals surface area contributed by atoms with Crippen molar-refractivity contribution in [2.24, 2.45) is 0 Å². The van der Waals surface area contributed by atoms with Crippen LogP contribution in [-0.4, -0.2) is 32.0 Å². The highest BCUT2D eigenvalue weighted by Gasteiger charge is 2.29. The van der Waals surface area contributed by atoms with Crippen molar-refractivity contribution < 1.29 is 9.90 Å². The molecule has 6 nitrogen and oxygen atoms in total. The Kier molecular flexibility index (Phi) is 5.43. The molecule has 0 bridgehead atoms. The lowest BCUT2D eigenvalue weighted by atomic mass is 9.90. The van der Waals surface area contributed by atoms with Crippen molar-refractivity contribution in [2.75, 3.05) is 0 Å².